The molecule has 6 heteroatoms. The van der Waals surface area contributed by atoms with Crippen molar-refractivity contribution in [2.75, 3.05) is 39.2 Å². The molecule has 1 aliphatic rings. The number of hydrogen-bond acceptors (Lipinski definition) is 3. The molecule has 0 unspecified atom stereocenters. The van der Waals surface area contributed by atoms with Crippen LogP contribution < -0.4 is 10.6 Å². The molecular weight excluding hydrogens is 273 g/mol. The molecule has 0 atom stereocenters. The number of halogens is 1. The summed E-state index contributed by atoms with van der Waals surface area (Å²) in [5.74, 6) is -0.373. The predicted molar refractivity (Wildman–Crippen MR) is 79.9 cm³/mol. The summed E-state index contributed by atoms with van der Waals surface area (Å²) in [4.78, 5) is 14.1. The lowest BCUT2D eigenvalue weighted by Gasteiger charge is -2.42. The molecule has 0 spiro atoms. The molecule has 116 valence electrons. The maximum Gasteiger partial charge on any atom is 0.319 e. The van der Waals surface area contributed by atoms with Crippen LogP contribution in [0, 0.1) is 5.82 Å². The molecule has 21 heavy (non-hydrogen) atoms. The van der Waals surface area contributed by atoms with Gasteiger partial charge in [0.15, 0.2) is 0 Å². The van der Waals surface area contributed by atoms with E-state index in [1.807, 2.05) is 14.1 Å². The van der Waals surface area contributed by atoms with Gasteiger partial charge in [0.05, 0.1) is 0 Å². The normalized spacial score (nSPS) is 17.5. The summed E-state index contributed by atoms with van der Waals surface area (Å²) >= 11 is 0. The van der Waals surface area contributed by atoms with E-state index in [1.54, 1.807) is 12.1 Å². The Morgan fingerprint density at radius 1 is 1.38 bits per heavy atom. The van der Waals surface area contributed by atoms with E-state index in [-0.39, 0.29) is 17.4 Å². The van der Waals surface area contributed by atoms with Gasteiger partial charge in [0.2, 0.25) is 0 Å². The Balaban J connectivity index is 1.90. The van der Waals surface area contributed by atoms with Gasteiger partial charge in [-0.3, -0.25) is 0 Å². The van der Waals surface area contributed by atoms with Crippen LogP contribution in [0.3, 0.4) is 0 Å². The fourth-order valence-corrected chi connectivity index (χ4v) is 2.52. The SMILES string of the molecule is CN(C)C1(CNC(=O)Nc2cccc(F)c2)CCOCC1. The number of benzene rings is 1. The monoisotopic (exact) mass is 295 g/mol. The van der Waals surface area contributed by atoms with E-state index in [4.69, 9.17) is 4.74 Å². The maximum absolute atomic E-state index is 13.1. The Hall–Kier alpha value is -1.66. The Morgan fingerprint density at radius 2 is 2.10 bits per heavy atom. The second kappa shape index (κ2) is 6.87. The second-order valence-electron chi connectivity index (χ2n) is 5.55. The lowest BCUT2D eigenvalue weighted by molar-refractivity contribution is -0.00553. The van der Waals surface area contributed by atoms with E-state index >= 15 is 0 Å². The quantitative estimate of drug-likeness (QED) is 0.894. The van der Waals surface area contributed by atoms with Crippen LogP contribution in [0.2, 0.25) is 0 Å². The van der Waals surface area contributed by atoms with Gasteiger partial charge in [-0.1, -0.05) is 6.07 Å². The number of ether oxygens (including phenoxy) is 1. The molecule has 1 saturated heterocycles. The molecule has 0 bridgehead atoms. The number of carbonyl (C=O) groups excluding carboxylic acids is 1. The fraction of sp³-hybridized carbons (Fsp3) is 0.533. The van der Waals surface area contributed by atoms with Crippen molar-refractivity contribution >= 4 is 11.7 Å². The van der Waals surface area contributed by atoms with Gasteiger partial charge in [0.1, 0.15) is 5.82 Å². The van der Waals surface area contributed by atoms with Gasteiger partial charge in [-0.15, -0.1) is 0 Å². The summed E-state index contributed by atoms with van der Waals surface area (Å²) in [6.45, 7) is 1.93. The Bertz CT molecular complexity index is 488. The third-order valence-electron chi connectivity index (χ3n) is 4.03. The molecule has 2 amide bonds. The van der Waals surface area contributed by atoms with Gasteiger partial charge in [0, 0.05) is 31.0 Å². The maximum atomic E-state index is 13.1. The largest absolute Gasteiger partial charge is 0.381 e. The highest BCUT2D eigenvalue weighted by molar-refractivity contribution is 5.89. The molecule has 1 heterocycles. The van der Waals surface area contributed by atoms with Crippen LogP contribution in [0.15, 0.2) is 24.3 Å². The summed E-state index contributed by atoms with van der Waals surface area (Å²) in [5, 5.41) is 5.51. The molecule has 1 aliphatic heterocycles. The van der Waals surface area contributed by atoms with Crippen LogP contribution in [0.5, 0.6) is 0 Å². The smallest absolute Gasteiger partial charge is 0.319 e. The molecule has 5 nitrogen and oxygen atoms in total. The summed E-state index contributed by atoms with van der Waals surface area (Å²) in [5.41, 5.74) is 0.357. The first kappa shape index (κ1) is 15.7. The number of nitrogens with one attached hydrogen (secondary N) is 2. The van der Waals surface area contributed by atoms with Crippen LogP contribution >= 0.6 is 0 Å². The van der Waals surface area contributed by atoms with Crippen molar-refractivity contribution in [2.45, 2.75) is 18.4 Å². The highest BCUT2D eigenvalue weighted by atomic mass is 19.1. The Morgan fingerprint density at radius 3 is 2.71 bits per heavy atom. The van der Waals surface area contributed by atoms with E-state index in [0.717, 1.165) is 12.8 Å². The summed E-state index contributed by atoms with van der Waals surface area (Å²) < 4.78 is 18.5. The van der Waals surface area contributed by atoms with Gasteiger partial charge >= 0.3 is 6.03 Å². The lowest BCUT2D eigenvalue weighted by Crippen LogP contribution is -2.56. The van der Waals surface area contributed by atoms with Gasteiger partial charge in [-0.2, -0.15) is 0 Å². The van der Waals surface area contributed by atoms with Gasteiger partial charge in [0.25, 0.3) is 0 Å². The first-order valence-electron chi connectivity index (χ1n) is 7.07. The van der Waals surface area contributed by atoms with Crippen LogP contribution in [-0.2, 0) is 4.74 Å². The second-order valence-corrected chi connectivity index (χ2v) is 5.55. The molecule has 0 saturated carbocycles. The molecule has 2 rings (SSSR count). The number of carbonyl (C=O) groups is 1. The third-order valence-corrected chi connectivity index (χ3v) is 4.03. The summed E-state index contributed by atoms with van der Waals surface area (Å²) in [6, 6.07) is 5.51. The van der Waals surface area contributed by atoms with Crippen molar-refractivity contribution in [3.8, 4) is 0 Å². The summed E-state index contributed by atoms with van der Waals surface area (Å²) in [6.07, 6.45) is 1.75. The van der Waals surface area contributed by atoms with E-state index in [9.17, 15) is 9.18 Å². The van der Waals surface area contributed by atoms with E-state index in [2.05, 4.69) is 15.5 Å². The highest BCUT2D eigenvalue weighted by Crippen LogP contribution is 2.25. The zero-order valence-electron chi connectivity index (χ0n) is 12.5. The van der Waals surface area contributed by atoms with E-state index < -0.39 is 0 Å². The lowest BCUT2D eigenvalue weighted by atomic mass is 9.88. The first-order chi connectivity index (χ1) is 10.0. The molecule has 1 fully saturated rings. The minimum absolute atomic E-state index is 0.0858. The molecule has 1 aromatic rings. The summed E-state index contributed by atoms with van der Waals surface area (Å²) in [7, 11) is 4.02. The zero-order chi connectivity index (χ0) is 15.3. The first-order valence-corrected chi connectivity index (χ1v) is 7.07. The van der Waals surface area contributed by atoms with Gasteiger partial charge < -0.3 is 20.3 Å². The number of nitrogens with zero attached hydrogens (tertiary/aromatic N) is 1. The topological polar surface area (TPSA) is 53.6 Å². The van der Waals surface area contributed by atoms with Crippen molar-refractivity contribution in [2.24, 2.45) is 0 Å². The minimum atomic E-state index is -0.373. The van der Waals surface area contributed by atoms with Crippen molar-refractivity contribution in [3.05, 3.63) is 30.1 Å². The number of hydrogen-bond donors (Lipinski definition) is 2. The Labute approximate surface area is 124 Å². The molecule has 1 aromatic carbocycles. The highest BCUT2D eigenvalue weighted by Gasteiger charge is 2.35. The molecule has 2 N–H and O–H groups in total. The van der Waals surface area contributed by atoms with E-state index in [0.29, 0.717) is 25.4 Å². The number of urea groups is 1. The standard InChI is InChI=1S/C15H22FN3O2/c1-19(2)15(6-8-21-9-7-15)11-17-14(20)18-13-5-3-4-12(16)10-13/h3-5,10H,6-9,11H2,1-2H3,(H2,17,18,20). The number of likely N-dealkylation sites (N-methyl/N-ethyl adjacent to an activating group) is 1. The van der Waals surface area contributed by atoms with Crippen LogP contribution in [-0.4, -0.2) is 50.3 Å². The number of amides is 2. The van der Waals surface area contributed by atoms with E-state index in [1.165, 1.54) is 12.1 Å². The number of rotatable bonds is 4. The average molecular weight is 295 g/mol. The van der Waals surface area contributed by atoms with Crippen LogP contribution in [0.25, 0.3) is 0 Å². The molecule has 0 aliphatic carbocycles. The number of anilines is 1. The fourth-order valence-electron chi connectivity index (χ4n) is 2.52. The Kier molecular flexibility index (Phi) is 5.14. The van der Waals surface area contributed by atoms with Crippen molar-refractivity contribution < 1.29 is 13.9 Å². The zero-order valence-corrected chi connectivity index (χ0v) is 12.5. The van der Waals surface area contributed by atoms with Crippen molar-refractivity contribution in [1.82, 2.24) is 10.2 Å². The molecule has 0 radical (unpaired) electrons. The van der Waals surface area contributed by atoms with Crippen LogP contribution in [0.4, 0.5) is 14.9 Å². The third kappa shape index (κ3) is 4.15. The van der Waals surface area contributed by atoms with Crippen LogP contribution in [0.1, 0.15) is 12.8 Å². The van der Waals surface area contributed by atoms with Gasteiger partial charge in [-0.05, 0) is 45.1 Å². The molecule has 0 aromatic heterocycles. The van der Waals surface area contributed by atoms with Crippen molar-refractivity contribution in [1.29, 1.82) is 0 Å². The minimum Gasteiger partial charge on any atom is -0.381 e. The predicted octanol–water partition coefficient (Wildman–Crippen LogP) is 2.06. The molecular formula is C15H22FN3O2. The van der Waals surface area contributed by atoms with Gasteiger partial charge in [-0.25, -0.2) is 9.18 Å². The van der Waals surface area contributed by atoms with Crippen molar-refractivity contribution in [3.63, 3.8) is 0 Å². The average Bonchev–Trinajstić information content (AvgIpc) is 2.46.